The van der Waals surface area contributed by atoms with Crippen LogP contribution in [0.2, 0.25) is 0 Å². The lowest BCUT2D eigenvalue weighted by Gasteiger charge is -2.25. The van der Waals surface area contributed by atoms with Crippen LogP contribution in [0.25, 0.3) is 0 Å². The fourth-order valence-corrected chi connectivity index (χ4v) is 4.09. The van der Waals surface area contributed by atoms with Gasteiger partial charge in [-0.15, -0.1) is 10.2 Å². The molecule has 0 fully saturated rings. The van der Waals surface area contributed by atoms with Crippen molar-refractivity contribution in [3.05, 3.63) is 24.2 Å². The minimum absolute atomic E-state index is 0.0647. The predicted molar refractivity (Wildman–Crippen MR) is 89.2 cm³/mol. The van der Waals surface area contributed by atoms with Crippen molar-refractivity contribution >= 4 is 10.0 Å². The highest BCUT2D eigenvalue weighted by Gasteiger charge is 2.28. The zero-order valence-corrected chi connectivity index (χ0v) is 15.3. The first-order chi connectivity index (χ1) is 11.3. The lowest BCUT2D eigenvalue weighted by Crippen LogP contribution is -2.41. The lowest BCUT2D eigenvalue weighted by atomic mass is 10.1. The van der Waals surface area contributed by atoms with Gasteiger partial charge in [0, 0.05) is 37.2 Å². The number of aryl methyl sites for hydroxylation is 1. The Balaban J connectivity index is 1.77. The van der Waals surface area contributed by atoms with E-state index in [0.29, 0.717) is 19.4 Å². The van der Waals surface area contributed by atoms with Crippen molar-refractivity contribution in [1.82, 2.24) is 29.0 Å². The Bertz CT molecular complexity index is 821. The Kier molecular flexibility index (Phi) is 4.48. The first-order valence-electron chi connectivity index (χ1n) is 8.25. The molecule has 3 heterocycles. The first-order valence-corrected chi connectivity index (χ1v) is 9.74. The molecule has 8 nitrogen and oxygen atoms in total. The van der Waals surface area contributed by atoms with Gasteiger partial charge in [0.25, 0.3) is 10.0 Å². The molecule has 24 heavy (non-hydrogen) atoms. The highest BCUT2D eigenvalue weighted by atomic mass is 32.2. The van der Waals surface area contributed by atoms with Gasteiger partial charge < -0.3 is 9.13 Å². The summed E-state index contributed by atoms with van der Waals surface area (Å²) >= 11 is 0. The second-order valence-electron chi connectivity index (χ2n) is 6.85. The van der Waals surface area contributed by atoms with E-state index >= 15 is 0 Å². The number of nitrogens with zero attached hydrogens (tertiary/aromatic N) is 5. The van der Waals surface area contributed by atoms with E-state index in [1.807, 2.05) is 18.4 Å². The summed E-state index contributed by atoms with van der Waals surface area (Å²) in [6, 6.07) is -0.00971. The largest absolute Gasteiger partial charge is 0.334 e. The molecule has 9 heteroatoms. The van der Waals surface area contributed by atoms with E-state index in [4.69, 9.17) is 0 Å². The van der Waals surface area contributed by atoms with Gasteiger partial charge in [-0.05, 0) is 20.3 Å². The van der Waals surface area contributed by atoms with Crippen LogP contribution in [-0.4, -0.2) is 38.8 Å². The highest BCUT2D eigenvalue weighted by Crippen LogP contribution is 2.21. The first kappa shape index (κ1) is 17.1. The summed E-state index contributed by atoms with van der Waals surface area (Å²) in [4.78, 5) is 4.04. The molecule has 132 valence electrons. The van der Waals surface area contributed by atoms with Gasteiger partial charge in [-0.1, -0.05) is 13.8 Å². The molecule has 1 aliphatic rings. The van der Waals surface area contributed by atoms with Crippen molar-refractivity contribution in [3.63, 3.8) is 0 Å². The van der Waals surface area contributed by atoms with E-state index in [2.05, 4.69) is 33.8 Å². The molecule has 0 aliphatic carbocycles. The van der Waals surface area contributed by atoms with E-state index in [-0.39, 0.29) is 23.0 Å². The van der Waals surface area contributed by atoms with Crippen LogP contribution in [0.4, 0.5) is 0 Å². The van der Waals surface area contributed by atoms with Crippen molar-refractivity contribution in [2.24, 2.45) is 0 Å². The Morgan fingerprint density at radius 1 is 1.25 bits per heavy atom. The molecule has 1 aliphatic heterocycles. The topological polar surface area (TPSA) is 94.7 Å². The van der Waals surface area contributed by atoms with Gasteiger partial charge in [0.2, 0.25) is 0 Å². The molecule has 0 bridgehead atoms. The Morgan fingerprint density at radius 3 is 2.62 bits per heavy atom. The molecule has 0 amide bonds. The fourth-order valence-electron chi connectivity index (χ4n) is 2.89. The molecule has 2 aromatic rings. The number of nitrogens with one attached hydrogen (secondary N) is 1. The van der Waals surface area contributed by atoms with Crippen molar-refractivity contribution in [2.75, 3.05) is 0 Å². The van der Waals surface area contributed by atoms with E-state index in [1.165, 1.54) is 0 Å². The quantitative estimate of drug-likeness (QED) is 0.879. The molecule has 1 atom stereocenters. The van der Waals surface area contributed by atoms with Crippen LogP contribution in [0.3, 0.4) is 0 Å². The van der Waals surface area contributed by atoms with Gasteiger partial charge in [0.15, 0.2) is 5.03 Å². The normalized spacial score (nSPS) is 18.3. The Morgan fingerprint density at radius 2 is 2.00 bits per heavy atom. The molecule has 3 rings (SSSR count). The van der Waals surface area contributed by atoms with Crippen LogP contribution in [-0.2, 0) is 23.0 Å². The molecule has 2 aromatic heterocycles. The second kappa shape index (κ2) is 6.29. The maximum Gasteiger partial charge on any atom is 0.259 e. The van der Waals surface area contributed by atoms with Gasteiger partial charge >= 0.3 is 0 Å². The summed E-state index contributed by atoms with van der Waals surface area (Å²) in [6.07, 6.45) is 4.54. The summed E-state index contributed by atoms with van der Waals surface area (Å²) in [6.45, 7) is 8.63. The van der Waals surface area contributed by atoms with Gasteiger partial charge in [-0.3, -0.25) is 0 Å². The maximum absolute atomic E-state index is 12.6. The van der Waals surface area contributed by atoms with Gasteiger partial charge in [-0.2, -0.15) is 0 Å². The molecular weight excluding hydrogens is 328 g/mol. The number of rotatable bonds is 5. The summed E-state index contributed by atoms with van der Waals surface area (Å²) < 4.78 is 31.8. The standard InChI is InChI=1S/C15H24N6O2S/c1-10(2)15-18-17-13-6-5-12(7-21(13)15)19-24(22,23)14-8-20(9-16-14)11(3)4/h8-12,19H,5-7H2,1-4H3. The molecule has 0 spiro atoms. The number of fused-ring (bicyclic) bond motifs is 1. The van der Waals surface area contributed by atoms with Crippen molar-refractivity contribution in [2.45, 2.75) is 70.1 Å². The Labute approximate surface area is 142 Å². The van der Waals surface area contributed by atoms with E-state index in [1.54, 1.807) is 17.1 Å². The van der Waals surface area contributed by atoms with Crippen LogP contribution in [0.1, 0.15) is 57.7 Å². The zero-order valence-electron chi connectivity index (χ0n) is 14.5. The fraction of sp³-hybridized carbons (Fsp3) is 0.667. The minimum atomic E-state index is -3.63. The number of hydrogen-bond acceptors (Lipinski definition) is 5. The zero-order chi connectivity index (χ0) is 17.5. The summed E-state index contributed by atoms with van der Waals surface area (Å²) in [5.41, 5.74) is 0. The van der Waals surface area contributed by atoms with E-state index < -0.39 is 10.0 Å². The van der Waals surface area contributed by atoms with Crippen molar-refractivity contribution in [3.8, 4) is 0 Å². The molecule has 0 saturated carbocycles. The molecular formula is C15H24N6O2S. The molecule has 0 radical (unpaired) electrons. The minimum Gasteiger partial charge on any atom is -0.334 e. The number of imidazole rings is 1. The van der Waals surface area contributed by atoms with Crippen LogP contribution >= 0.6 is 0 Å². The third-order valence-corrected chi connectivity index (χ3v) is 5.67. The van der Waals surface area contributed by atoms with Crippen LogP contribution < -0.4 is 4.72 Å². The van der Waals surface area contributed by atoms with Crippen LogP contribution in [0.15, 0.2) is 17.6 Å². The average Bonchev–Trinajstić information content (AvgIpc) is 3.13. The maximum atomic E-state index is 12.6. The average molecular weight is 352 g/mol. The van der Waals surface area contributed by atoms with E-state index in [0.717, 1.165) is 11.6 Å². The molecule has 0 aromatic carbocycles. The SMILES string of the molecule is CC(C)c1nnc2n1CC(NS(=O)(=O)c1cn(C(C)C)cn1)CC2. The summed E-state index contributed by atoms with van der Waals surface area (Å²) in [5.74, 6) is 2.08. The van der Waals surface area contributed by atoms with Crippen molar-refractivity contribution < 1.29 is 8.42 Å². The predicted octanol–water partition coefficient (Wildman–Crippen LogP) is 1.47. The number of aromatic nitrogens is 5. The van der Waals surface area contributed by atoms with Crippen LogP contribution in [0, 0.1) is 0 Å². The van der Waals surface area contributed by atoms with E-state index in [9.17, 15) is 8.42 Å². The Hall–Kier alpha value is -1.74. The third-order valence-electron chi connectivity index (χ3n) is 4.26. The van der Waals surface area contributed by atoms with Gasteiger partial charge in [0.05, 0.1) is 6.33 Å². The molecule has 0 saturated heterocycles. The lowest BCUT2D eigenvalue weighted by molar-refractivity contribution is 0.409. The highest BCUT2D eigenvalue weighted by molar-refractivity contribution is 7.89. The van der Waals surface area contributed by atoms with Crippen LogP contribution in [0.5, 0.6) is 0 Å². The molecule has 1 N–H and O–H groups in total. The smallest absolute Gasteiger partial charge is 0.259 e. The third kappa shape index (κ3) is 3.23. The molecule has 1 unspecified atom stereocenters. The van der Waals surface area contributed by atoms with Gasteiger partial charge in [0.1, 0.15) is 11.6 Å². The summed E-state index contributed by atoms with van der Waals surface area (Å²) in [5, 5.41) is 8.50. The van der Waals surface area contributed by atoms with Crippen molar-refractivity contribution in [1.29, 1.82) is 0 Å². The monoisotopic (exact) mass is 352 g/mol. The second-order valence-corrected chi connectivity index (χ2v) is 8.51. The number of hydrogen-bond donors (Lipinski definition) is 1. The van der Waals surface area contributed by atoms with Gasteiger partial charge in [-0.25, -0.2) is 18.1 Å². The summed E-state index contributed by atoms with van der Waals surface area (Å²) in [7, 11) is -3.63. The number of sulfonamides is 1.